The highest BCUT2D eigenvalue weighted by atomic mass is 16.2. The summed E-state index contributed by atoms with van der Waals surface area (Å²) in [5, 5.41) is 1.26. The van der Waals surface area contributed by atoms with E-state index in [1.807, 2.05) is 0 Å². The van der Waals surface area contributed by atoms with E-state index in [1.165, 1.54) is 29.5 Å². The minimum Gasteiger partial charge on any atom is -0.370 e. The summed E-state index contributed by atoms with van der Waals surface area (Å²) in [7, 11) is 0. The molecular weight excluding hydrogens is 322 g/mol. The Balaban J connectivity index is 1.49. The standard InChI is InChI=1S/C22H27N3O/c1-14-15(2)23-19-6-4-3-5-18(19)22(14)24-12-11-20-16(13-24)7-10-21(26)25(20)17-8-9-17/h3-6,16-17,20H,7-13H2,1-2H3. The highest BCUT2D eigenvalue weighted by molar-refractivity contribution is 5.94. The van der Waals surface area contributed by atoms with Crippen LogP contribution in [-0.4, -0.2) is 41.0 Å². The summed E-state index contributed by atoms with van der Waals surface area (Å²) in [6.45, 7) is 6.42. The normalized spacial score (nSPS) is 26.3. The van der Waals surface area contributed by atoms with Crippen molar-refractivity contribution in [3.8, 4) is 0 Å². The van der Waals surface area contributed by atoms with E-state index < -0.39 is 0 Å². The van der Waals surface area contributed by atoms with Crippen LogP contribution in [0.5, 0.6) is 0 Å². The summed E-state index contributed by atoms with van der Waals surface area (Å²) >= 11 is 0. The third-order valence-corrected chi connectivity index (χ3v) is 6.67. The third-order valence-electron chi connectivity index (χ3n) is 6.67. The summed E-state index contributed by atoms with van der Waals surface area (Å²) in [5.74, 6) is 1.01. The summed E-state index contributed by atoms with van der Waals surface area (Å²) in [4.78, 5) is 22.1. The van der Waals surface area contributed by atoms with E-state index in [-0.39, 0.29) is 0 Å². The van der Waals surface area contributed by atoms with Crippen LogP contribution in [0, 0.1) is 19.8 Å². The van der Waals surface area contributed by atoms with Crippen LogP contribution in [0.25, 0.3) is 10.9 Å². The number of rotatable bonds is 2. The molecule has 1 aliphatic carbocycles. The molecule has 3 fully saturated rings. The van der Waals surface area contributed by atoms with Gasteiger partial charge in [0.2, 0.25) is 5.91 Å². The molecule has 0 bridgehead atoms. The van der Waals surface area contributed by atoms with Gasteiger partial charge in [0.05, 0.1) is 11.2 Å². The molecule has 3 aliphatic rings. The maximum Gasteiger partial charge on any atom is 0.223 e. The molecule has 2 saturated heterocycles. The topological polar surface area (TPSA) is 36.4 Å². The van der Waals surface area contributed by atoms with Crippen LogP contribution in [0.4, 0.5) is 5.69 Å². The number of amides is 1. The largest absolute Gasteiger partial charge is 0.370 e. The number of carbonyl (C=O) groups excluding carboxylic acids is 1. The molecule has 3 heterocycles. The molecule has 2 unspecified atom stereocenters. The van der Waals surface area contributed by atoms with Gasteiger partial charge in [-0.05, 0) is 57.1 Å². The van der Waals surface area contributed by atoms with Crippen molar-refractivity contribution < 1.29 is 4.79 Å². The van der Waals surface area contributed by atoms with Crippen LogP contribution in [0.15, 0.2) is 24.3 Å². The van der Waals surface area contributed by atoms with Crippen LogP contribution < -0.4 is 4.90 Å². The van der Waals surface area contributed by atoms with Crippen LogP contribution in [-0.2, 0) is 4.79 Å². The molecular formula is C22H27N3O. The number of para-hydroxylation sites is 1. The lowest BCUT2D eigenvalue weighted by atomic mass is 9.83. The van der Waals surface area contributed by atoms with Crippen LogP contribution in [0.1, 0.15) is 43.4 Å². The van der Waals surface area contributed by atoms with E-state index in [4.69, 9.17) is 4.98 Å². The van der Waals surface area contributed by atoms with Crippen molar-refractivity contribution in [2.24, 2.45) is 5.92 Å². The van der Waals surface area contributed by atoms with Crippen molar-refractivity contribution in [1.29, 1.82) is 0 Å². The zero-order valence-electron chi connectivity index (χ0n) is 15.7. The van der Waals surface area contributed by atoms with Gasteiger partial charge in [0.1, 0.15) is 0 Å². The van der Waals surface area contributed by atoms with Crippen molar-refractivity contribution in [2.45, 2.75) is 58.0 Å². The molecule has 0 spiro atoms. The SMILES string of the molecule is Cc1nc2ccccc2c(N2CCC3C(CCC(=O)N3C3CC3)C2)c1C. The van der Waals surface area contributed by atoms with E-state index in [2.05, 4.69) is 47.9 Å². The number of hydrogen-bond donors (Lipinski definition) is 0. The number of pyridine rings is 1. The van der Waals surface area contributed by atoms with Gasteiger partial charge in [0.15, 0.2) is 0 Å². The first-order chi connectivity index (χ1) is 12.6. The molecule has 5 rings (SSSR count). The van der Waals surface area contributed by atoms with Crippen molar-refractivity contribution in [2.75, 3.05) is 18.0 Å². The second-order valence-electron chi connectivity index (χ2n) is 8.32. The predicted octanol–water partition coefficient (Wildman–Crippen LogP) is 3.83. The molecule has 0 N–H and O–H groups in total. The van der Waals surface area contributed by atoms with Crippen molar-refractivity contribution in [1.82, 2.24) is 9.88 Å². The number of carbonyl (C=O) groups is 1. The van der Waals surface area contributed by atoms with Gasteiger partial charge in [-0.2, -0.15) is 0 Å². The molecule has 4 nitrogen and oxygen atoms in total. The zero-order chi connectivity index (χ0) is 17.8. The zero-order valence-corrected chi connectivity index (χ0v) is 15.7. The van der Waals surface area contributed by atoms with E-state index in [1.54, 1.807) is 0 Å². The molecule has 2 aromatic rings. The number of hydrogen-bond acceptors (Lipinski definition) is 3. The number of aryl methyl sites for hydroxylation is 1. The Bertz CT molecular complexity index is 873. The fourth-order valence-corrected chi connectivity index (χ4v) is 5.14. The molecule has 1 aromatic carbocycles. The summed E-state index contributed by atoms with van der Waals surface area (Å²) in [5.41, 5.74) is 4.87. The average Bonchev–Trinajstić information content (AvgIpc) is 3.47. The number of fused-ring (bicyclic) bond motifs is 2. The van der Waals surface area contributed by atoms with Crippen LogP contribution in [0.3, 0.4) is 0 Å². The fraction of sp³-hybridized carbons (Fsp3) is 0.545. The van der Waals surface area contributed by atoms with E-state index in [0.29, 0.717) is 23.9 Å². The summed E-state index contributed by atoms with van der Waals surface area (Å²) < 4.78 is 0. The molecule has 1 saturated carbocycles. The smallest absolute Gasteiger partial charge is 0.223 e. The maximum absolute atomic E-state index is 12.5. The molecule has 2 atom stereocenters. The van der Waals surface area contributed by atoms with E-state index in [0.717, 1.165) is 43.6 Å². The van der Waals surface area contributed by atoms with Crippen LogP contribution >= 0.6 is 0 Å². The number of anilines is 1. The lowest BCUT2D eigenvalue weighted by molar-refractivity contribution is -0.140. The van der Waals surface area contributed by atoms with Gasteiger partial charge in [-0.25, -0.2) is 0 Å². The van der Waals surface area contributed by atoms with Gasteiger partial charge in [-0.15, -0.1) is 0 Å². The van der Waals surface area contributed by atoms with E-state index in [9.17, 15) is 4.79 Å². The van der Waals surface area contributed by atoms with Gasteiger partial charge in [-0.3, -0.25) is 9.78 Å². The first-order valence-electron chi connectivity index (χ1n) is 10.1. The molecule has 26 heavy (non-hydrogen) atoms. The highest BCUT2D eigenvalue weighted by Gasteiger charge is 2.45. The summed E-state index contributed by atoms with van der Waals surface area (Å²) in [6.07, 6.45) is 5.31. The lowest BCUT2D eigenvalue weighted by Gasteiger charge is -2.48. The first-order valence-corrected chi connectivity index (χ1v) is 10.1. The number of nitrogens with zero attached hydrogens (tertiary/aromatic N) is 3. The third kappa shape index (κ3) is 2.50. The minimum atomic E-state index is 0.406. The number of aromatic nitrogens is 1. The Hall–Kier alpha value is -2.10. The lowest BCUT2D eigenvalue weighted by Crippen LogP contribution is -2.56. The van der Waals surface area contributed by atoms with Gasteiger partial charge < -0.3 is 9.80 Å². The molecule has 1 amide bonds. The fourth-order valence-electron chi connectivity index (χ4n) is 5.14. The average molecular weight is 349 g/mol. The van der Waals surface area contributed by atoms with Gasteiger partial charge >= 0.3 is 0 Å². The van der Waals surface area contributed by atoms with Gasteiger partial charge in [0.25, 0.3) is 0 Å². The molecule has 2 aliphatic heterocycles. The summed E-state index contributed by atoms with van der Waals surface area (Å²) in [6, 6.07) is 9.52. The highest BCUT2D eigenvalue weighted by Crippen LogP contribution is 2.41. The Labute approximate surface area is 155 Å². The first kappa shape index (κ1) is 16.1. The Morgan fingerprint density at radius 1 is 1.08 bits per heavy atom. The van der Waals surface area contributed by atoms with Crippen LogP contribution in [0.2, 0.25) is 0 Å². The second-order valence-corrected chi connectivity index (χ2v) is 8.32. The number of likely N-dealkylation sites (tertiary alicyclic amines) is 1. The van der Waals surface area contributed by atoms with Crippen molar-refractivity contribution >= 4 is 22.5 Å². The molecule has 4 heteroatoms. The van der Waals surface area contributed by atoms with Gasteiger partial charge in [-0.1, -0.05) is 18.2 Å². The van der Waals surface area contributed by atoms with Gasteiger partial charge in [0, 0.05) is 42.7 Å². The monoisotopic (exact) mass is 349 g/mol. The predicted molar refractivity (Wildman–Crippen MR) is 104 cm³/mol. The van der Waals surface area contributed by atoms with Crippen molar-refractivity contribution in [3.63, 3.8) is 0 Å². The van der Waals surface area contributed by atoms with Crippen molar-refractivity contribution in [3.05, 3.63) is 35.5 Å². The van der Waals surface area contributed by atoms with E-state index >= 15 is 0 Å². The number of piperidine rings is 2. The second kappa shape index (κ2) is 5.97. The molecule has 0 radical (unpaired) electrons. The number of benzene rings is 1. The molecule has 1 aromatic heterocycles. The maximum atomic E-state index is 12.5. The quantitative estimate of drug-likeness (QED) is 0.827. The molecule has 136 valence electrons. The minimum absolute atomic E-state index is 0.406. The Morgan fingerprint density at radius 3 is 2.69 bits per heavy atom. The Kier molecular flexibility index (Phi) is 3.70. The Morgan fingerprint density at radius 2 is 1.88 bits per heavy atom.